The zero-order chi connectivity index (χ0) is 19.9. The molecule has 2 aromatic rings. The van der Waals surface area contributed by atoms with Gasteiger partial charge in [0.25, 0.3) is 0 Å². The van der Waals surface area contributed by atoms with Crippen molar-refractivity contribution in [3.63, 3.8) is 0 Å². The molecule has 146 valence electrons. The van der Waals surface area contributed by atoms with Gasteiger partial charge in [-0.25, -0.2) is 13.2 Å². The standard InChI is InChI=1S/C18H21NO7S/c1-9-4-14(25-3)17-10(2)11(18(22)26-15(17)5-9)6-16(21)19-12-7-27(23,24)8-13(12)20/h4-5,12-13,20H,6-8H2,1-3H3,(H,19,21)/t12-,13-/m0/s1. The third-order valence-corrected chi connectivity index (χ3v) is 6.43. The number of hydrogen-bond acceptors (Lipinski definition) is 7. The van der Waals surface area contributed by atoms with Crippen molar-refractivity contribution in [1.29, 1.82) is 0 Å². The van der Waals surface area contributed by atoms with Gasteiger partial charge in [0.2, 0.25) is 5.91 Å². The highest BCUT2D eigenvalue weighted by Gasteiger charge is 2.37. The van der Waals surface area contributed by atoms with E-state index >= 15 is 0 Å². The summed E-state index contributed by atoms with van der Waals surface area (Å²) in [7, 11) is -1.88. The fraction of sp³-hybridized carbons (Fsp3) is 0.444. The molecule has 9 heteroatoms. The number of hydrogen-bond donors (Lipinski definition) is 2. The van der Waals surface area contributed by atoms with E-state index in [0.29, 0.717) is 22.3 Å². The summed E-state index contributed by atoms with van der Waals surface area (Å²) >= 11 is 0. The Morgan fingerprint density at radius 2 is 2.04 bits per heavy atom. The highest BCUT2D eigenvalue weighted by molar-refractivity contribution is 7.91. The molecule has 0 unspecified atom stereocenters. The van der Waals surface area contributed by atoms with Crippen LogP contribution in [0.2, 0.25) is 0 Å². The third kappa shape index (κ3) is 3.84. The van der Waals surface area contributed by atoms with Crippen molar-refractivity contribution in [1.82, 2.24) is 5.32 Å². The SMILES string of the molecule is COc1cc(C)cc2oc(=O)c(CC(=O)N[C@H]3CS(=O)(=O)C[C@@H]3O)c(C)c12. The number of amides is 1. The number of fused-ring (bicyclic) bond motifs is 1. The van der Waals surface area contributed by atoms with E-state index in [1.807, 2.05) is 6.92 Å². The number of rotatable bonds is 4. The van der Waals surface area contributed by atoms with Crippen LogP contribution in [0.1, 0.15) is 16.7 Å². The monoisotopic (exact) mass is 395 g/mol. The average molecular weight is 395 g/mol. The summed E-state index contributed by atoms with van der Waals surface area (Å²) < 4.78 is 33.8. The highest BCUT2D eigenvalue weighted by Crippen LogP contribution is 2.30. The predicted molar refractivity (Wildman–Crippen MR) is 98.8 cm³/mol. The van der Waals surface area contributed by atoms with Crippen molar-refractivity contribution in [3.8, 4) is 5.75 Å². The average Bonchev–Trinajstić information content (AvgIpc) is 2.81. The lowest BCUT2D eigenvalue weighted by Gasteiger charge is -2.16. The van der Waals surface area contributed by atoms with E-state index in [2.05, 4.69) is 5.32 Å². The van der Waals surface area contributed by atoms with Gasteiger partial charge < -0.3 is 19.6 Å². The quantitative estimate of drug-likeness (QED) is 0.711. The molecule has 1 aromatic heterocycles. The molecule has 3 rings (SSSR count). The van der Waals surface area contributed by atoms with Crippen molar-refractivity contribution in [2.24, 2.45) is 0 Å². The molecule has 2 atom stereocenters. The molecule has 2 heterocycles. The number of aryl methyl sites for hydroxylation is 2. The van der Waals surface area contributed by atoms with Crippen LogP contribution in [-0.4, -0.2) is 50.2 Å². The van der Waals surface area contributed by atoms with Gasteiger partial charge in [0, 0.05) is 0 Å². The van der Waals surface area contributed by atoms with Gasteiger partial charge in [0.15, 0.2) is 9.84 Å². The molecule has 0 radical (unpaired) electrons. The molecule has 1 amide bonds. The van der Waals surface area contributed by atoms with Crippen molar-refractivity contribution in [2.45, 2.75) is 32.4 Å². The third-order valence-electron chi connectivity index (χ3n) is 4.71. The van der Waals surface area contributed by atoms with E-state index in [0.717, 1.165) is 5.56 Å². The van der Waals surface area contributed by atoms with Crippen molar-refractivity contribution >= 4 is 26.7 Å². The molecule has 1 aliphatic rings. The van der Waals surface area contributed by atoms with Gasteiger partial charge in [-0.3, -0.25) is 4.79 Å². The van der Waals surface area contributed by atoms with Crippen LogP contribution < -0.4 is 15.7 Å². The first-order valence-corrected chi connectivity index (χ1v) is 10.2. The Balaban J connectivity index is 1.92. The molecule has 1 saturated heterocycles. The number of sulfone groups is 1. The van der Waals surface area contributed by atoms with E-state index in [9.17, 15) is 23.1 Å². The van der Waals surface area contributed by atoms with E-state index < -0.39 is 33.5 Å². The van der Waals surface area contributed by atoms with E-state index in [-0.39, 0.29) is 23.5 Å². The van der Waals surface area contributed by atoms with Crippen molar-refractivity contribution < 1.29 is 27.5 Å². The van der Waals surface area contributed by atoms with Gasteiger partial charge in [-0.1, -0.05) is 0 Å². The van der Waals surface area contributed by atoms with Crippen LogP contribution in [0.5, 0.6) is 5.75 Å². The number of methoxy groups -OCH3 is 1. The van der Waals surface area contributed by atoms with Gasteiger partial charge in [-0.2, -0.15) is 0 Å². The minimum atomic E-state index is -3.38. The lowest BCUT2D eigenvalue weighted by atomic mass is 10.0. The molecule has 1 aromatic carbocycles. The maximum Gasteiger partial charge on any atom is 0.340 e. The molecule has 0 bridgehead atoms. The first-order chi connectivity index (χ1) is 12.6. The number of carbonyl (C=O) groups is 1. The largest absolute Gasteiger partial charge is 0.496 e. The zero-order valence-electron chi connectivity index (χ0n) is 15.2. The molecule has 2 N–H and O–H groups in total. The van der Waals surface area contributed by atoms with Gasteiger partial charge in [-0.15, -0.1) is 0 Å². The number of carbonyl (C=O) groups excluding carboxylic acids is 1. The van der Waals surface area contributed by atoms with Gasteiger partial charge in [-0.05, 0) is 37.1 Å². The molecule has 0 spiro atoms. The summed E-state index contributed by atoms with van der Waals surface area (Å²) in [6.45, 7) is 3.55. The predicted octanol–water partition coefficient (Wildman–Crippen LogP) is 0.235. The normalized spacial score (nSPS) is 21.3. The van der Waals surface area contributed by atoms with Crippen LogP contribution in [0.15, 0.2) is 21.3 Å². The van der Waals surface area contributed by atoms with E-state index in [1.165, 1.54) is 7.11 Å². The van der Waals surface area contributed by atoms with Gasteiger partial charge >= 0.3 is 5.63 Å². The molecule has 27 heavy (non-hydrogen) atoms. The van der Waals surface area contributed by atoms with Crippen LogP contribution in [-0.2, 0) is 21.1 Å². The molecular weight excluding hydrogens is 374 g/mol. The number of aliphatic hydroxyl groups is 1. The maximum absolute atomic E-state index is 12.4. The molecule has 1 fully saturated rings. The van der Waals surface area contributed by atoms with Gasteiger partial charge in [0.05, 0.1) is 48.1 Å². The summed E-state index contributed by atoms with van der Waals surface area (Å²) in [6.07, 6.45) is -1.44. The first kappa shape index (κ1) is 19.4. The second-order valence-electron chi connectivity index (χ2n) is 6.83. The molecule has 8 nitrogen and oxygen atoms in total. The van der Waals surface area contributed by atoms with E-state index in [4.69, 9.17) is 9.15 Å². The lowest BCUT2D eigenvalue weighted by molar-refractivity contribution is -0.121. The number of nitrogens with one attached hydrogen (secondary N) is 1. The molecular formula is C18H21NO7S. The Morgan fingerprint density at radius 1 is 1.33 bits per heavy atom. The topological polar surface area (TPSA) is 123 Å². The first-order valence-electron chi connectivity index (χ1n) is 8.40. The Labute approximate surface area is 156 Å². The smallest absolute Gasteiger partial charge is 0.340 e. The number of ether oxygens (including phenoxy) is 1. The highest BCUT2D eigenvalue weighted by atomic mass is 32.2. The number of benzene rings is 1. The summed E-state index contributed by atoms with van der Waals surface area (Å²) in [5, 5.41) is 12.9. The Bertz CT molecular complexity index is 1070. The minimum absolute atomic E-state index is 0.164. The van der Waals surface area contributed by atoms with Crippen LogP contribution in [0.4, 0.5) is 0 Å². The second kappa shape index (κ2) is 6.97. The van der Waals surface area contributed by atoms with Crippen LogP contribution in [0.3, 0.4) is 0 Å². The molecule has 0 aliphatic carbocycles. The molecule has 0 saturated carbocycles. The Morgan fingerprint density at radius 3 is 2.63 bits per heavy atom. The van der Waals surface area contributed by atoms with Crippen molar-refractivity contribution in [3.05, 3.63) is 39.2 Å². The van der Waals surface area contributed by atoms with Crippen LogP contribution >= 0.6 is 0 Å². The fourth-order valence-corrected chi connectivity index (χ4v) is 5.13. The summed E-state index contributed by atoms with van der Waals surface area (Å²) in [5.74, 6) is -0.730. The summed E-state index contributed by atoms with van der Waals surface area (Å²) in [6, 6.07) is 2.64. The van der Waals surface area contributed by atoms with Crippen molar-refractivity contribution in [2.75, 3.05) is 18.6 Å². The zero-order valence-corrected chi connectivity index (χ0v) is 16.1. The minimum Gasteiger partial charge on any atom is -0.496 e. The Hall–Kier alpha value is -2.39. The summed E-state index contributed by atoms with van der Waals surface area (Å²) in [5.41, 5.74) is 1.33. The second-order valence-corrected chi connectivity index (χ2v) is 8.98. The van der Waals surface area contributed by atoms with Crippen LogP contribution in [0.25, 0.3) is 11.0 Å². The Kier molecular flexibility index (Phi) is 5.00. The summed E-state index contributed by atoms with van der Waals surface area (Å²) in [4.78, 5) is 24.7. The fourth-order valence-electron chi connectivity index (χ4n) is 3.39. The van der Waals surface area contributed by atoms with Crippen LogP contribution in [0, 0.1) is 13.8 Å². The number of aliphatic hydroxyl groups excluding tert-OH is 1. The van der Waals surface area contributed by atoms with Gasteiger partial charge in [0.1, 0.15) is 11.3 Å². The maximum atomic E-state index is 12.4. The van der Waals surface area contributed by atoms with E-state index in [1.54, 1.807) is 19.1 Å². The molecule has 1 aliphatic heterocycles. The lowest BCUT2D eigenvalue weighted by Crippen LogP contribution is -2.43.